The summed E-state index contributed by atoms with van der Waals surface area (Å²) in [6.07, 6.45) is 0. The third-order valence-electron chi connectivity index (χ3n) is 3.36. The SMILES string of the molecule is C=C(C)n1c(=O)[nH]c2ccc(C(=O)c3ccccc3)cc21. The van der Waals surface area contributed by atoms with Crippen LogP contribution in [0.15, 0.2) is 59.9 Å². The molecule has 1 N–H and O–H groups in total. The lowest BCUT2D eigenvalue weighted by Crippen LogP contribution is -2.14. The fourth-order valence-electron chi connectivity index (χ4n) is 2.38. The van der Waals surface area contributed by atoms with Gasteiger partial charge < -0.3 is 4.98 Å². The van der Waals surface area contributed by atoms with Crippen molar-refractivity contribution in [1.82, 2.24) is 9.55 Å². The number of imidazole rings is 1. The van der Waals surface area contributed by atoms with E-state index in [9.17, 15) is 9.59 Å². The summed E-state index contributed by atoms with van der Waals surface area (Å²) in [7, 11) is 0. The molecular formula is C17H14N2O2. The zero-order chi connectivity index (χ0) is 15.0. The Morgan fingerprint density at radius 2 is 1.81 bits per heavy atom. The van der Waals surface area contributed by atoms with Gasteiger partial charge in [0.05, 0.1) is 11.0 Å². The number of benzene rings is 2. The Kier molecular flexibility index (Phi) is 3.06. The van der Waals surface area contributed by atoms with E-state index in [1.165, 1.54) is 4.57 Å². The molecule has 3 aromatic rings. The van der Waals surface area contributed by atoms with Crippen molar-refractivity contribution in [2.45, 2.75) is 6.92 Å². The maximum absolute atomic E-state index is 12.5. The van der Waals surface area contributed by atoms with E-state index in [0.29, 0.717) is 27.9 Å². The number of nitrogens with one attached hydrogen (secondary N) is 1. The number of carbonyl (C=O) groups excluding carboxylic acids is 1. The molecule has 0 atom stereocenters. The van der Waals surface area contributed by atoms with Gasteiger partial charge in [-0.3, -0.25) is 9.36 Å². The lowest BCUT2D eigenvalue weighted by molar-refractivity contribution is 0.103. The minimum absolute atomic E-state index is 0.0700. The zero-order valence-corrected chi connectivity index (χ0v) is 11.6. The summed E-state index contributed by atoms with van der Waals surface area (Å²) in [5.41, 5.74) is 2.87. The monoisotopic (exact) mass is 278 g/mol. The van der Waals surface area contributed by atoms with Crippen LogP contribution >= 0.6 is 0 Å². The number of aromatic nitrogens is 2. The predicted octanol–water partition coefficient (Wildman–Crippen LogP) is 3.05. The van der Waals surface area contributed by atoms with Crippen LogP contribution in [-0.2, 0) is 0 Å². The Balaban J connectivity index is 2.17. The molecule has 0 saturated carbocycles. The molecule has 104 valence electrons. The van der Waals surface area contributed by atoms with Gasteiger partial charge in [0, 0.05) is 16.8 Å². The number of fused-ring (bicyclic) bond motifs is 1. The summed E-state index contributed by atoms with van der Waals surface area (Å²) in [5, 5.41) is 0. The summed E-state index contributed by atoms with van der Waals surface area (Å²) in [4.78, 5) is 27.1. The fraction of sp³-hybridized carbons (Fsp3) is 0.0588. The van der Waals surface area contributed by atoms with Gasteiger partial charge in [0.15, 0.2) is 5.78 Å². The van der Waals surface area contributed by atoms with Gasteiger partial charge in [0.25, 0.3) is 0 Å². The summed E-state index contributed by atoms with van der Waals surface area (Å²) >= 11 is 0. The summed E-state index contributed by atoms with van der Waals surface area (Å²) in [6, 6.07) is 14.2. The first-order valence-electron chi connectivity index (χ1n) is 6.58. The fourth-order valence-corrected chi connectivity index (χ4v) is 2.38. The van der Waals surface area contributed by atoms with E-state index in [1.807, 2.05) is 18.2 Å². The van der Waals surface area contributed by atoms with Crippen LogP contribution in [0.3, 0.4) is 0 Å². The van der Waals surface area contributed by atoms with Crippen LogP contribution in [0.25, 0.3) is 16.7 Å². The van der Waals surface area contributed by atoms with Crippen molar-refractivity contribution in [3.8, 4) is 0 Å². The van der Waals surface area contributed by atoms with Crippen molar-refractivity contribution >= 4 is 22.5 Å². The van der Waals surface area contributed by atoms with Gasteiger partial charge in [-0.05, 0) is 25.1 Å². The van der Waals surface area contributed by atoms with E-state index in [1.54, 1.807) is 37.3 Å². The van der Waals surface area contributed by atoms with Crippen molar-refractivity contribution in [2.75, 3.05) is 0 Å². The van der Waals surface area contributed by atoms with Crippen molar-refractivity contribution in [2.24, 2.45) is 0 Å². The molecule has 0 aliphatic carbocycles. The number of allylic oxidation sites excluding steroid dienone is 1. The number of H-pyrrole nitrogens is 1. The van der Waals surface area contributed by atoms with Gasteiger partial charge in [0.1, 0.15) is 0 Å². The second-order valence-electron chi connectivity index (χ2n) is 4.93. The van der Waals surface area contributed by atoms with E-state index in [2.05, 4.69) is 11.6 Å². The van der Waals surface area contributed by atoms with Crippen LogP contribution in [0, 0.1) is 0 Å². The molecular weight excluding hydrogens is 264 g/mol. The highest BCUT2D eigenvalue weighted by Gasteiger charge is 2.12. The molecule has 0 aliphatic rings. The van der Waals surface area contributed by atoms with E-state index in [-0.39, 0.29) is 11.5 Å². The first kappa shape index (κ1) is 13.1. The van der Waals surface area contributed by atoms with Crippen LogP contribution in [0.1, 0.15) is 22.8 Å². The first-order valence-corrected chi connectivity index (χ1v) is 6.58. The topological polar surface area (TPSA) is 54.9 Å². The highest BCUT2D eigenvalue weighted by Crippen LogP contribution is 2.18. The van der Waals surface area contributed by atoms with Crippen LogP contribution in [-0.4, -0.2) is 15.3 Å². The molecule has 4 heteroatoms. The van der Waals surface area contributed by atoms with E-state index >= 15 is 0 Å². The highest BCUT2D eigenvalue weighted by molar-refractivity contribution is 6.10. The maximum Gasteiger partial charge on any atom is 0.330 e. The minimum atomic E-state index is -0.248. The number of hydrogen-bond acceptors (Lipinski definition) is 2. The average Bonchev–Trinajstić information content (AvgIpc) is 2.82. The van der Waals surface area contributed by atoms with Gasteiger partial charge in [-0.1, -0.05) is 36.9 Å². The molecule has 4 nitrogen and oxygen atoms in total. The summed E-state index contributed by atoms with van der Waals surface area (Å²) in [5.74, 6) is -0.0700. The smallest absolute Gasteiger partial charge is 0.305 e. The number of ketones is 1. The van der Waals surface area contributed by atoms with Crippen molar-refractivity contribution in [3.63, 3.8) is 0 Å². The quantitative estimate of drug-likeness (QED) is 0.749. The van der Waals surface area contributed by atoms with Crippen LogP contribution in [0.2, 0.25) is 0 Å². The zero-order valence-electron chi connectivity index (χ0n) is 11.6. The molecule has 0 aliphatic heterocycles. The Bertz CT molecular complexity index is 901. The van der Waals surface area contributed by atoms with Crippen molar-refractivity contribution < 1.29 is 4.79 Å². The van der Waals surface area contributed by atoms with E-state index in [0.717, 1.165) is 0 Å². The number of aromatic amines is 1. The molecule has 0 fully saturated rings. The Morgan fingerprint density at radius 3 is 2.48 bits per heavy atom. The largest absolute Gasteiger partial charge is 0.330 e. The number of rotatable bonds is 3. The molecule has 0 spiro atoms. The highest BCUT2D eigenvalue weighted by atomic mass is 16.1. The average molecular weight is 278 g/mol. The normalized spacial score (nSPS) is 10.7. The molecule has 21 heavy (non-hydrogen) atoms. The third-order valence-corrected chi connectivity index (χ3v) is 3.36. The molecule has 0 amide bonds. The number of hydrogen-bond donors (Lipinski definition) is 1. The Hall–Kier alpha value is -2.88. The van der Waals surface area contributed by atoms with Gasteiger partial charge >= 0.3 is 5.69 Å². The minimum Gasteiger partial charge on any atom is -0.305 e. The molecule has 3 rings (SSSR count). The van der Waals surface area contributed by atoms with Crippen LogP contribution < -0.4 is 5.69 Å². The third kappa shape index (κ3) is 2.21. The lowest BCUT2D eigenvalue weighted by atomic mass is 10.0. The number of nitrogens with zero attached hydrogens (tertiary/aromatic N) is 1. The number of carbonyl (C=O) groups is 1. The molecule has 1 aromatic heterocycles. The van der Waals surface area contributed by atoms with Gasteiger partial charge in [-0.15, -0.1) is 0 Å². The van der Waals surface area contributed by atoms with Crippen molar-refractivity contribution in [1.29, 1.82) is 0 Å². The summed E-state index contributed by atoms with van der Waals surface area (Å²) < 4.78 is 1.47. The molecule has 0 unspecified atom stereocenters. The molecule has 1 heterocycles. The molecule has 2 aromatic carbocycles. The van der Waals surface area contributed by atoms with Gasteiger partial charge in [-0.2, -0.15) is 0 Å². The predicted molar refractivity (Wildman–Crippen MR) is 83.4 cm³/mol. The van der Waals surface area contributed by atoms with E-state index in [4.69, 9.17) is 0 Å². The van der Waals surface area contributed by atoms with Crippen LogP contribution in [0.4, 0.5) is 0 Å². The lowest BCUT2D eigenvalue weighted by Gasteiger charge is -2.04. The Morgan fingerprint density at radius 1 is 1.10 bits per heavy atom. The molecule has 0 saturated heterocycles. The van der Waals surface area contributed by atoms with E-state index < -0.39 is 0 Å². The Labute approximate surface area is 121 Å². The van der Waals surface area contributed by atoms with Crippen molar-refractivity contribution in [3.05, 3.63) is 76.7 Å². The van der Waals surface area contributed by atoms with Gasteiger partial charge in [-0.25, -0.2) is 4.79 Å². The maximum atomic E-state index is 12.5. The molecule has 0 bridgehead atoms. The summed E-state index contributed by atoms with van der Waals surface area (Å²) in [6.45, 7) is 5.55. The van der Waals surface area contributed by atoms with Gasteiger partial charge in [0.2, 0.25) is 0 Å². The van der Waals surface area contributed by atoms with Crippen LogP contribution in [0.5, 0.6) is 0 Å². The standard InChI is InChI=1S/C17H14N2O2/c1-11(2)19-15-10-13(8-9-14(15)18-17(19)21)16(20)12-6-4-3-5-7-12/h3-10H,1H2,2H3,(H,18,21). The second kappa shape index (κ2) is 4.90. The second-order valence-corrected chi connectivity index (χ2v) is 4.93. The first-order chi connectivity index (χ1) is 10.1. The molecule has 0 radical (unpaired) electrons.